The molecule has 5 rings (SSSR count). The van der Waals surface area contributed by atoms with Gasteiger partial charge in [0.05, 0.1) is 43.0 Å². The summed E-state index contributed by atoms with van der Waals surface area (Å²) in [5, 5.41) is 11.3. The Morgan fingerprint density at radius 1 is 1.10 bits per heavy atom. The van der Waals surface area contributed by atoms with E-state index < -0.39 is 11.6 Å². The van der Waals surface area contributed by atoms with Gasteiger partial charge in [0.1, 0.15) is 16.9 Å². The molecule has 1 saturated heterocycles. The molecule has 2 aliphatic rings. The number of carbonyl (C=O) groups excluding carboxylic acids is 2. The molecule has 2 atom stereocenters. The van der Waals surface area contributed by atoms with Crippen LogP contribution in [0.15, 0.2) is 30.6 Å². The third kappa shape index (κ3) is 5.63. The number of rotatable bonds is 8. The topological polar surface area (TPSA) is 124 Å². The molecule has 224 valence electrons. The quantitative estimate of drug-likeness (QED) is 0.395. The maximum atomic E-state index is 13.7. The summed E-state index contributed by atoms with van der Waals surface area (Å²) in [6.07, 6.45) is 5.72. The molecule has 1 aromatic carbocycles. The number of hydrogen-bond donors (Lipinski definition) is 1. The molecule has 2 aromatic heterocycles. The van der Waals surface area contributed by atoms with E-state index in [2.05, 4.69) is 51.3 Å². The number of benzene rings is 1. The highest BCUT2D eigenvalue weighted by Gasteiger charge is 2.36. The normalized spacial score (nSPS) is 20.0. The molecule has 1 saturated carbocycles. The molecule has 12 heteroatoms. The number of hydrogen-bond acceptors (Lipinski definition) is 10. The highest BCUT2D eigenvalue weighted by atomic mass is 16.6. The molecule has 1 aliphatic carbocycles. The Balaban J connectivity index is 1.48. The summed E-state index contributed by atoms with van der Waals surface area (Å²) in [5.74, 6) is -0.101. The van der Waals surface area contributed by atoms with Gasteiger partial charge in [0.25, 0.3) is 5.91 Å². The van der Waals surface area contributed by atoms with E-state index in [0.29, 0.717) is 40.7 Å². The number of pyridine rings is 1. The van der Waals surface area contributed by atoms with Crippen LogP contribution in [0, 0.1) is 6.92 Å². The first-order chi connectivity index (χ1) is 20.0. The Hall–Kier alpha value is -4.19. The van der Waals surface area contributed by atoms with Gasteiger partial charge in [-0.25, -0.2) is 14.5 Å². The van der Waals surface area contributed by atoms with E-state index in [4.69, 9.17) is 14.2 Å². The second-order valence-corrected chi connectivity index (χ2v) is 11.5. The lowest BCUT2D eigenvalue weighted by Gasteiger charge is -2.44. The van der Waals surface area contributed by atoms with Crippen LogP contribution in [0.5, 0.6) is 11.6 Å². The van der Waals surface area contributed by atoms with Gasteiger partial charge < -0.3 is 24.4 Å². The van der Waals surface area contributed by atoms with Crippen LogP contribution < -0.4 is 19.7 Å². The average Bonchev–Trinajstić information content (AvgIpc) is 3.45. The highest BCUT2D eigenvalue weighted by Crippen LogP contribution is 2.36. The molecule has 1 aliphatic heterocycles. The molecular formula is C30H39N7O5. The number of anilines is 2. The number of aromatic nitrogens is 4. The first kappa shape index (κ1) is 29.3. The number of ether oxygens (including phenoxy) is 3. The third-order valence-electron chi connectivity index (χ3n) is 8.51. The summed E-state index contributed by atoms with van der Waals surface area (Å²) in [7, 11) is 5.16. The van der Waals surface area contributed by atoms with E-state index >= 15 is 0 Å². The van der Waals surface area contributed by atoms with Crippen molar-refractivity contribution in [2.75, 3.05) is 44.6 Å². The lowest BCUT2D eigenvalue weighted by molar-refractivity contribution is -0.0503. The largest absolute Gasteiger partial charge is 0.495 e. The van der Waals surface area contributed by atoms with Crippen LogP contribution in [-0.2, 0) is 4.74 Å². The van der Waals surface area contributed by atoms with Crippen molar-refractivity contribution in [1.29, 1.82) is 0 Å². The van der Waals surface area contributed by atoms with Crippen LogP contribution in [-0.4, -0.2) is 88.8 Å². The minimum Gasteiger partial charge on any atom is -0.495 e. The molecule has 2 fully saturated rings. The minimum absolute atomic E-state index is 0.129. The van der Waals surface area contributed by atoms with Crippen LogP contribution in [0.2, 0.25) is 0 Å². The SMILES string of the molecule is COc1ncc(C(=O)Nc2cc(-n3cc(C(=O)OC4(C)CCC4)nn3)ccc2N2C[C@@H](C)N(C)[C@@H](C)C2)c(OC)c1C. The van der Waals surface area contributed by atoms with E-state index in [9.17, 15) is 9.59 Å². The smallest absolute Gasteiger partial charge is 0.361 e. The van der Waals surface area contributed by atoms with Crippen molar-refractivity contribution in [3.8, 4) is 17.3 Å². The van der Waals surface area contributed by atoms with Crippen LogP contribution in [0.3, 0.4) is 0 Å². The van der Waals surface area contributed by atoms with Gasteiger partial charge in [0.2, 0.25) is 5.88 Å². The van der Waals surface area contributed by atoms with Gasteiger partial charge in [0.15, 0.2) is 5.69 Å². The molecule has 3 aromatic rings. The van der Waals surface area contributed by atoms with Gasteiger partial charge in [-0.1, -0.05) is 5.21 Å². The zero-order valence-corrected chi connectivity index (χ0v) is 25.3. The number of carbonyl (C=O) groups is 2. The predicted octanol–water partition coefficient (Wildman–Crippen LogP) is 3.87. The first-order valence-corrected chi connectivity index (χ1v) is 14.2. The Kier molecular flexibility index (Phi) is 8.09. The number of nitrogens with one attached hydrogen (secondary N) is 1. The average molecular weight is 578 g/mol. The summed E-state index contributed by atoms with van der Waals surface area (Å²) in [6, 6.07) is 6.31. The fourth-order valence-electron chi connectivity index (χ4n) is 5.58. The Labute approximate surface area is 245 Å². The molecule has 1 amide bonds. The molecule has 1 N–H and O–H groups in total. The lowest BCUT2D eigenvalue weighted by atomic mass is 9.82. The molecule has 0 unspecified atom stereocenters. The number of esters is 1. The van der Waals surface area contributed by atoms with Crippen molar-refractivity contribution in [1.82, 2.24) is 24.9 Å². The second kappa shape index (κ2) is 11.6. The van der Waals surface area contributed by atoms with Crippen molar-refractivity contribution in [3.63, 3.8) is 0 Å². The predicted molar refractivity (Wildman–Crippen MR) is 158 cm³/mol. The maximum Gasteiger partial charge on any atom is 0.361 e. The summed E-state index contributed by atoms with van der Waals surface area (Å²) < 4.78 is 18.0. The van der Waals surface area contributed by atoms with E-state index in [0.717, 1.165) is 38.0 Å². The number of methoxy groups -OCH3 is 2. The Bertz CT molecular complexity index is 1470. The fraction of sp³-hybridized carbons (Fsp3) is 0.500. The lowest BCUT2D eigenvalue weighted by Crippen LogP contribution is -2.55. The Morgan fingerprint density at radius 2 is 1.81 bits per heavy atom. The van der Waals surface area contributed by atoms with Crippen molar-refractivity contribution >= 4 is 23.3 Å². The van der Waals surface area contributed by atoms with Crippen molar-refractivity contribution in [2.24, 2.45) is 0 Å². The molecule has 0 radical (unpaired) electrons. The van der Waals surface area contributed by atoms with E-state index in [1.54, 1.807) is 13.1 Å². The summed E-state index contributed by atoms with van der Waals surface area (Å²) in [6.45, 7) is 9.67. The number of nitrogens with zero attached hydrogens (tertiary/aromatic N) is 6. The Morgan fingerprint density at radius 3 is 2.43 bits per heavy atom. The molecule has 0 spiro atoms. The van der Waals surface area contributed by atoms with Gasteiger partial charge in [-0.05, 0) is 72.2 Å². The monoisotopic (exact) mass is 577 g/mol. The number of amides is 1. The molecule has 42 heavy (non-hydrogen) atoms. The fourth-order valence-corrected chi connectivity index (χ4v) is 5.58. The minimum atomic E-state index is -0.497. The van der Waals surface area contributed by atoms with E-state index in [-0.39, 0.29) is 17.2 Å². The van der Waals surface area contributed by atoms with E-state index in [1.165, 1.54) is 25.1 Å². The van der Waals surface area contributed by atoms with Crippen molar-refractivity contribution in [2.45, 2.75) is 64.6 Å². The maximum absolute atomic E-state index is 13.7. The zero-order chi connectivity index (χ0) is 30.2. The molecule has 12 nitrogen and oxygen atoms in total. The molecule has 0 bridgehead atoms. The third-order valence-corrected chi connectivity index (χ3v) is 8.51. The van der Waals surface area contributed by atoms with Crippen LogP contribution in [0.25, 0.3) is 5.69 Å². The van der Waals surface area contributed by atoms with E-state index in [1.807, 2.05) is 25.1 Å². The molecule has 3 heterocycles. The van der Waals surface area contributed by atoms with Gasteiger partial charge >= 0.3 is 5.97 Å². The van der Waals surface area contributed by atoms with Crippen LogP contribution in [0.4, 0.5) is 11.4 Å². The first-order valence-electron chi connectivity index (χ1n) is 14.2. The number of likely N-dealkylation sites (N-methyl/N-ethyl adjacent to an activating group) is 1. The van der Waals surface area contributed by atoms with Gasteiger partial charge in [-0.3, -0.25) is 9.69 Å². The highest BCUT2D eigenvalue weighted by molar-refractivity contribution is 6.08. The molecular weight excluding hydrogens is 538 g/mol. The standard InChI is InChI=1S/C30H39N7O5/c1-18-15-36(16-19(2)35(18)5)25-10-9-21(37-17-24(33-34-37)29(39)42-30(4)11-8-12-30)13-23(25)32-27(38)22-14-31-28(41-7)20(3)26(22)40-6/h9-10,13-14,17-19H,8,11-12,15-16H2,1-7H3,(H,32,38)/t18-,19+. The zero-order valence-electron chi connectivity index (χ0n) is 25.3. The summed E-state index contributed by atoms with van der Waals surface area (Å²) in [4.78, 5) is 35.3. The second-order valence-electron chi connectivity index (χ2n) is 11.5. The summed E-state index contributed by atoms with van der Waals surface area (Å²) >= 11 is 0. The summed E-state index contributed by atoms with van der Waals surface area (Å²) in [5.41, 5.74) is 2.67. The van der Waals surface area contributed by atoms with Crippen molar-refractivity contribution in [3.05, 3.63) is 47.4 Å². The van der Waals surface area contributed by atoms with Gasteiger partial charge in [0, 0.05) is 31.4 Å². The van der Waals surface area contributed by atoms with Crippen molar-refractivity contribution < 1.29 is 23.8 Å². The van der Waals surface area contributed by atoms with Crippen LogP contribution in [0.1, 0.15) is 66.4 Å². The number of piperazine rings is 1. The van der Waals surface area contributed by atoms with Gasteiger partial charge in [-0.2, -0.15) is 0 Å². The van der Waals surface area contributed by atoms with Gasteiger partial charge in [-0.15, -0.1) is 5.10 Å². The van der Waals surface area contributed by atoms with Crippen LogP contribution >= 0.6 is 0 Å².